The number of hydrogen-bond donors (Lipinski definition) is 2. The van der Waals surface area contributed by atoms with Gasteiger partial charge in [-0.15, -0.1) is 0 Å². The van der Waals surface area contributed by atoms with E-state index in [0.717, 1.165) is 17.7 Å². The highest BCUT2D eigenvalue weighted by Gasteiger charge is 2.17. The molecule has 3 rings (SSSR count). The summed E-state index contributed by atoms with van der Waals surface area (Å²) in [6.45, 7) is 1.43. The molecule has 120 valence electrons. The minimum absolute atomic E-state index is 0.210. The highest BCUT2D eigenvalue weighted by Crippen LogP contribution is 2.25. The first kappa shape index (κ1) is 16.0. The zero-order valence-corrected chi connectivity index (χ0v) is 13.4. The fourth-order valence-electron chi connectivity index (χ4n) is 2.79. The fourth-order valence-corrected chi connectivity index (χ4v) is 3.02. The molecular weight excluding hydrogens is 315 g/mol. The van der Waals surface area contributed by atoms with E-state index in [1.165, 1.54) is 0 Å². The van der Waals surface area contributed by atoms with Crippen LogP contribution in [0.2, 0.25) is 5.02 Å². The third kappa shape index (κ3) is 3.71. The summed E-state index contributed by atoms with van der Waals surface area (Å²) in [6.07, 6.45) is 1.44. The van der Waals surface area contributed by atoms with Gasteiger partial charge in [-0.1, -0.05) is 35.9 Å². The minimum Gasteiger partial charge on any atom is -0.324 e. The monoisotopic (exact) mass is 332 g/mol. The Morgan fingerprint density at radius 3 is 2.91 bits per heavy atom. The third-order valence-electron chi connectivity index (χ3n) is 4.06. The van der Waals surface area contributed by atoms with Crippen LogP contribution in [0.4, 0.5) is 10.1 Å². The third-order valence-corrected chi connectivity index (χ3v) is 4.43. The molecule has 1 aliphatic heterocycles. The molecule has 5 heteroatoms. The molecule has 2 aromatic rings. The van der Waals surface area contributed by atoms with E-state index in [-0.39, 0.29) is 23.8 Å². The van der Waals surface area contributed by atoms with Crippen LogP contribution in [0.15, 0.2) is 36.4 Å². The summed E-state index contributed by atoms with van der Waals surface area (Å²) in [4.78, 5) is 12.1. The molecular formula is C18H18ClFN2O. The summed E-state index contributed by atoms with van der Waals surface area (Å²) in [7, 11) is 0. The fraction of sp³-hybridized carbons (Fsp3) is 0.278. The Hall–Kier alpha value is -1.91. The zero-order valence-electron chi connectivity index (χ0n) is 12.7. The largest absolute Gasteiger partial charge is 0.324 e. The number of aryl methyl sites for hydroxylation is 1. The van der Waals surface area contributed by atoms with Gasteiger partial charge < -0.3 is 10.6 Å². The van der Waals surface area contributed by atoms with Crippen LogP contribution in [0.5, 0.6) is 0 Å². The van der Waals surface area contributed by atoms with Crippen molar-refractivity contribution in [1.29, 1.82) is 0 Å². The lowest BCUT2D eigenvalue weighted by Gasteiger charge is -2.19. The number of benzene rings is 2. The van der Waals surface area contributed by atoms with Gasteiger partial charge in [-0.05, 0) is 48.2 Å². The number of hydrogen-bond acceptors (Lipinski definition) is 2. The molecule has 0 atom stereocenters. The number of halogens is 2. The van der Waals surface area contributed by atoms with Crippen LogP contribution in [0.3, 0.4) is 0 Å². The molecule has 1 aliphatic rings. The first-order chi connectivity index (χ1) is 11.1. The van der Waals surface area contributed by atoms with Crippen LogP contribution in [0, 0.1) is 5.82 Å². The molecule has 0 saturated carbocycles. The van der Waals surface area contributed by atoms with Crippen molar-refractivity contribution in [3.8, 4) is 0 Å². The van der Waals surface area contributed by atoms with E-state index in [0.29, 0.717) is 30.0 Å². The summed E-state index contributed by atoms with van der Waals surface area (Å²) < 4.78 is 14.5. The van der Waals surface area contributed by atoms with Gasteiger partial charge in [0.05, 0.1) is 5.69 Å². The molecule has 2 aromatic carbocycles. The van der Waals surface area contributed by atoms with Gasteiger partial charge in [-0.25, -0.2) is 4.39 Å². The normalized spacial score (nSPS) is 13.5. The van der Waals surface area contributed by atoms with Gasteiger partial charge in [-0.2, -0.15) is 0 Å². The molecule has 0 fully saturated rings. The average Bonchev–Trinajstić information content (AvgIpc) is 2.57. The van der Waals surface area contributed by atoms with Crippen LogP contribution in [-0.4, -0.2) is 12.5 Å². The molecule has 0 bridgehead atoms. The lowest BCUT2D eigenvalue weighted by Crippen LogP contribution is -2.25. The van der Waals surface area contributed by atoms with Crippen LogP contribution in [-0.2, 0) is 24.2 Å². The number of nitrogens with one attached hydrogen (secondary N) is 2. The van der Waals surface area contributed by atoms with Crippen molar-refractivity contribution >= 4 is 23.2 Å². The maximum atomic E-state index is 14.5. The highest BCUT2D eigenvalue weighted by molar-refractivity contribution is 6.31. The van der Waals surface area contributed by atoms with E-state index in [2.05, 4.69) is 10.6 Å². The molecule has 0 aromatic heterocycles. The first-order valence-electron chi connectivity index (χ1n) is 7.69. The molecule has 0 aliphatic carbocycles. The van der Waals surface area contributed by atoms with Crippen LogP contribution in [0.1, 0.15) is 23.1 Å². The Kier molecular flexibility index (Phi) is 4.94. The lowest BCUT2D eigenvalue weighted by molar-refractivity contribution is -0.116. The molecule has 0 unspecified atom stereocenters. The van der Waals surface area contributed by atoms with E-state index in [1.54, 1.807) is 12.1 Å². The molecule has 1 amide bonds. The second-order valence-electron chi connectivity index (χ2n) is 5.63. The molecule has 2 N–H and O–H groups in total. The molecule has 0 saturated heterocycles. The van der Waals surface area contributed by atoms with Gasteiger partial charge in [-0.3, -0.25) is 4.79 Å². The summed E-state index contributed by atoms with van der Waals surface area (Å²) in [5.74, 6) is -0.521. The summed E-state index contributed by atoms with van der Waals surface area (Å²) in [5.41, 5.74) is 2.84. The predicted octanol–water partition coefficient (Wildman–Crippen LogP) is 3.70. The summed E-state index contributed by atoms with van der Waals surface area (Å²) >= 11 is 6.07. The van der Waals surface area contributed by atoms with Crippen molar-refractivity contribution < 1.29 is 9.18 Å². The molecule has 23 heavy (non-hydrogen) atoms. The average molecular weight is 333 g/mol. The van der Waals surface area contributed by atoms with Crippen LogP contribution >= 0.6 is 11.6 Å². The van der Waals surface area contributed by atoms with Gasteiger partial charge >= 0.3 is 0 Å². The Morgan fingerprint density at radius 1 is 1.26 bits per heavy atom. The van der Waals surface area contributed by atoms with Crippen molar-refractivity contribution in [2.24, 2.45) is 0 Å². The maximum Gasteiger partial charge on any atom is 0.224 e. The topological polar surface area (TPSA) is 41.1 Å². The number of carbonyl (C=O) groups is 1. The molecule has 0 spiro atoms. The number of anilines is 1. The predicted molar refractivity (Wildman–Crippen MR) is 90.2 cm³/mol. The quantitative estimate of drug-likeness (QED) is 0.896. The van der Waals surface area contributed by atoms with Gasteiger partial charge in [0.1, 0.15) is 5.82 Å². The number of amides is 1. The Bertz CT molecular complexity index is 733. The van der Waals surface area contributed by atoms with E-state index in [4.69, 9.17) is 11.6 Å². The SMILES string of the molecule is O=C(CCc1ccccc1Cl)Nc1ccc2c(c1F)CCNC2. The zero-order chi connectivity index (χ0) is 16.2. The van der Waals surface area contributed by atoms with Crippen molar-refractivity contribution in [2.75, 3.05) is 11.9 Å². The van der Waals surface area contributed by atoms with Crippen LogP contribution < -0.4 is 10.6 Å². The second-order valence-corrected chi connectivity index (χ2v) is 6.04. The second kappa shape index (κ2) is 7.11. The lowest BCUT2D eigenvalue weighted by atomic mass is 9.99. The van der Waals surface area contributed by atoms with Gasteiger partial charge in [0.15, 0.2) is 0 Å². The molecule has 0 radical (unpaired) electrons. The Labute approximate surface area is 139 Å². The summed E-state index contributed by atoms with van der Waals surface area (Å²) in [5, 5.41) is 6.52. The van der Waals surface area contributed by atoms with E-state index in [1.807, 2.05) is 24.3 Å². The van der Waals surface area contributed by atoms with Gasteiger partial charge in [0.2, 0.25) is 5.91 Å². The van der Waals surface area contributed by atoms with Gasteiger partial charge in [0, 0.05) is 18.0 Å². The summed E-state index contributed by atoms with van der Waals surface area (Å²) in [6, 6.07) is 10.9. The first-order valence-corrected chi connectivity index (χ1v) is 8.07. The van der Waals surface area contributed by atoms with E-state index in [9.17, 15) is 9.18 Å². The smallest absolute Gasteiger partial charge is 0.224 e. The standard InChI is InChI=1S/C18H18ClFN2O/c19-15-4-2-1-3-12(15)6-8-17(23)22-16-7-5-13-11-21-10-9-14(13)18(16)20/h1-5,7,21H,6,8-11H2,(H,22,23). The number of fused-ring (bicyclic) bond motifs is 1. The number of rotatable bonds is 4. The van der Waals surface area contributed by atoms with Crippen molar-refractivity contribution in [2.45, 2.75) is 25.8 Å². The Morgan fingerprint density at radius 2 is 2.09 bits per heavy atom. The van der Waals surface area contributed by atoms with Crippen molar-refractivity contribution in [3.05, 3.63) is 63.9 Å². The molecule has 1 heterocycles. The van der Waals surface area contributed by atoms with Gasteiger partial charge in [0.25, 0.3) is 0 Å². The van der Waals surface area contributed by atoms with Crippen molar-refractivity contribution in [1.82, 2.24) is 5.32 Å². The van der Waals surface area contributed by atoms with E-state index >= 15 is 0 Å². The van der Waals surface area contributed by atoms with Crippen LogP contribution in [0.25, 0.3) is 0 Å². The van der Waals surface area contributed by atoms with E-state index < -0.39 is 0 Å². The molecule has 3 nitrogen and oxygen atoms in total. The minimum atomic E-state index is -0.310. The number of carbonyl (C=O) groups excluding carboxylic acids is 1. The Balaban J connectivity index is 1.65. The highest BCUT2D eigenvalue weighted by atomic mass is 35.5. The van der Waals surface area contributed by atoms with Crippen molar-refractivity contribution in [3.63, 3.8) is 0 Å². The maximum absolute atomic E-state index is 14.5.